The Labute approximate surface area is 103 Å². The topological polar surface area (TPSA) is 24.5 Å². The van der Waals surface area contributed by atoms with Gasteiger partial charge in [0, 0.05) is 39.0 Å². The molecule has 3 nitrogen and oxygen atoms in total. The summed E-state index contributed by atoms with van der Waals surface area (Å²) in [5, 5.41) is 3.28. The largest absolute Gasteiger partial charge is 0.388 e. The zero-order valence-corrected chi connectivity index (χ0v) is 10.4. The van der Waals surface area contributed by atoms with E-state index in [0.29, 0.717) is 6.10 Å². The second-order valence-corrected chi connectivity index (χ2v) is 5.00. The van der Waals surface area contributed by atoms with E-state index in [2.05, 4.69) is 28.4 Å². The van der Waals surface area contributed by atoms with Gasteiger partial charge in [0.15, 0.2) is 0 Å². The van der Waals surface area contributed by atoms with E-state index in [9.17, 15) is 0 Å². The zero-order chi connectivity index (χ0) is 11.7. The number of benzene rings is 1. The second-order valence-electron chi connectivity index (χ2n) is 5.00. The van der Waals surface area contributed by atoms with Crippen LogP contribution in [0.1, 0.15) is 24.0 Å². The third-order valence-electron chi connectivity index (χ3n) is 3.80. The first-order valence-corrected chi connectivity index (χ1v) is 6.49. The normalized spacial score (nSPS) is 23.9. The number of nitrogens with one attached hydrogen (secondary N) is 1. The SMILES string of the molecule is CNc1cccc2c1CN(CC1CCCO1)C2. The fourth-order valence-corrected chi connectivity index (χ4v) is 2.93. The van der Waals surface area contributed by atoms with E-state index in [-0.39, 0.29) is 0 Å². The second kappa shape index (κ2) is 4.67. The van der Waals surface area contributed by atoms with Crippen molar-refractivity contribution in [1.29, 1.82) is 0 Å². The van der Waals surface area contributed by atoms with Gasteiger partial charge < -0.3 is 10.1 Å². The van der Waals surface area contributed by atoms with Gasteiger partial charge in [-0.25, -0.2) is 0 Å². The van der Waals surface area contributed by atoms with Gasteiger partial charge in [0.2, 0.25) is 0 Å². The van der Waals surface area contributed by atoms with E-state index in [0.717, 1.165) is 26.2 Å². The monoisotopic (exact) mass is 232 g/mol. The fourth-order valence-electron chi connectivity index (χ4n) is 2.93. The van der Waals surface area contributed by atoms with Crippen LogP contribution in [-0.2, 0) is 17.8 Å². The van der Waals surface area contributed by atoms with Crippen LogP contribution in [0, 0.1) is 0 Å². The third-order valence-corrected chi connectivity index (χ3v) is 3.80. The predicted molar refractivity (Wildman–Crippen MR) is 69.1 cm³/mol. The Balaban J connectivity index is 1.69. The van der Waals surface area contributed by atoms with Crippen LogP contribution in [0.25, 0.3) is 0 Å². The Bertz CT molecular complexity index is 399. The van der Waals surface area contributed by atoms with Crippen molar-refractivity contribution in [1.82, 2.24) is 4.90 Å². The lowest BCUT2D eigenvalue weighted by molar-refractivity contribution is 0.0723. The number of anilines is 1. The molecule has 1 fully saturated rings. The van der Waals surface area contributed by atoms with Crippen molar-refractivity contribution in [2.24, 2.45) is 0 Å². The van der Waals surface area contributed by atoms with E-state index in [1.807, 2.05) is 7.05 Å². The molecule has 0 aliphatic carbocycles. The molecule has 1 unspecified atom stereocenters. The fraction of sp³-hybridized carbons (Fsp3) is 0.571. The molecular formula is C14H20N2O. The maximum absolute atomic E-state index is 5.71. The van der Waals surface area contributed by atoms with Crippen LogP contribution >= 0.6 is 0 Å². The van der Waals surface area contributed by atoms with Crippen molar-refractivity contribution < 1.29 is 4.74 Å². The number of ether oxygens (including phenoxy) is 1. The van der Waals surface area contributed by atoms with Gasteiger partial charge in [0.25, 0.3) is 0 Å². The summed E-state index contributed by atoms with van der Waals surface area (Å²) in [4.78, 5) is 2.50. The molecule has 1 aromatic carbocycles. The van der Waals surface area contributed by atoms with Gasteiger partial charge in [-0.3, -0.25) is 4.90 Å². The van der Waals surface area contributed by atoms with Gasteiger partial charge in [-0.05, 0) is 30.0 Å². The van der Waals surface area contributed by atoms with Crippen LogP contribution in [0.4, 0.5) is 5.69 Å². The third kappa shape index (κ3) is 2.17. The molecule has 1 aromatic rings. The van der Waals surface area contributed by atoms with Gasteiger partial charge in [0.1, 0.15) is 0 Å². The molecule has 1 saturated heterocycles. The van der Waals surface area contributed by atoms with Crippen molar-refractivity contribution in [3.05, 3.63) is 29.3 Å². The molecule has 0 spiro atoms. The highest BCUT2D eigenvalue weighted by molar-refractivity contribution is 5.55. The lowest BCUT2D eigenvalue weighted by Crippen LogP contribution is -2.27. The van der Waals surface area contributed by atoms with Crippen LogP contribution in [0.15, 0.2) is 18.2 Å². The van der Waals surface area contributed by atoms with Gasteiger partial charge >= 0.3 is 0 Å². The van der Waals surface area contributed by atoms with Crippen molar-refractivity contribution in [3.8, 4) is 0 Å². The highest BCUT2D eigenvalue weighted by atomic mass is 16.5. The zero-order valence-electron chi connectivity index (χ0n) is 10.4. The lowest BCUT2D eigenvalue weighted by Gasteiger charge is -2.19. The summed E-state index contributed by atoms with van der Waals surface area (Å²) in [7, 11) is 2.00. The van der Waals surface area contributed by atoms with Gasteiger partial charge in [0.05, 0.1) is 6.10 Å². The van der Waals surface area contributed by atoms with Gasteiger partial charge in [-0.2, -0.15) is 0 Å². The standard InChI is InChI=1S/C14H20N2O/c1-15-14-6-2-4-11-8-16(10-13(11)14)9-12-5-3-7-17-12/h2,4,6,12,15H,3,5,7-10H2,1H3. The van der Waals surface area contributed by atoms with E-state index >= 15 is 0 Å². The number of hydrogen-bond donors (Lipinski definition) is 1. The summed E-state index contributed by atoms with van der Waals surface area (Å²) in [5.41, 5.74) is 4.21. The molecule has 92 valence electrons. The Kier molecular flexibility index (Phi) is 3.04. The first kappa shape index (κ1) is 11.1. The van der Waals surface area contributed by atoms with Crippen molar-refractivity contribution in [2.45, 2.75) is 32.0 Å². The van der Waals surface area contributed by atoms with Crippen LogP contribution in [0.2, 0.25) is 0 Å². The molecule has 0 saturated carbocycles. The molecule has 0 aromatic heterocycles. The lowest BCUT2D eigenvalue weighted by atomic mass is 10.1. The summed E-state index contributed by atoms with van der Waals surface area (Å²) in [6.45, 7) is 4.17. The number of nitrogens with zero attached hydrogens (tertiary/aromatic N) is 1. The highest BCUT2D eigenvalue weighted by Crippen LogP contribution is 2.29. The molecule has 1 atom stereocenters. The molecular weight excluding hydrogens is 212 g/mol. The number of fused-ring (bicyclic) bond motifs is 1. The van der Waals surface area contributed by atoms with Crippen LogP contribution in [-0.4, -0.2) is 31.2 Å². The minimum Gasteiger partial charge on any atom is -0.388 e. The van der Waals surface area contributed by atoms with Crippen molar-refractivity contribution in [3.63, 3.8) is 0 Å². The molecule has 2 heterocycles. The molecule has 2 aliphatic rings. The first-order valence-electron chi connectivity index (χ1n) is 6.49. The van der Waals surface area contributed by atoms with Gasteiger partial charge in [-0.15, -0.1) is 0 Å². The Morgan fingerprint density at radius 1 is 1.41 bits per heavy atom. The highest BCUT2D eigenvalue weighted by Gasteiger charge is 2.25. The molecule has 0 bridgehead atoms. The summed E-state index contributed by atoms with van der Waals surface area (Å²) < 4.78 is 5.71. The Morgan fingerprint density at radius 2 is 2.35 bits per heavy atom. The average Bonchev–Trinajstić information content (AvgIpc) is 2.97. The summed E-state index contributed by atoms with van der Waals surface area (Å²) in [6.07, 6.45) is 2.92. The summed E-state index contributed by atoms with van der Waals surface area (Å²) in [5.74, 6) is 0. The van der Waals surface area contributed by atoms with Crippen LogP contribution in [0.3, 0.4) is 0 Å². The Morgan fingerprint density at radius 3 is 3.12 bits per heavy atom. The smallest absolute Gasteiger partial charge is 0.0703 e. The number of hydrogen-bond acceptors (Lipinski definition) is 3. The molecule has 0 radical (unpaired) electrons. The maximum atomic E-state index is 5.71. The first-order chi connectivity index (χ1) is 8.36. The summed E-state index contributed by atoms with van der Waals surface area (Å²) in [6, 6.07) is 6.54. The van der Waals surface area contributed by atoms with E-state index in [1.165, 1.54) is 29.7 Å². The Hall–Kier alpha value is -1.06. The van der Waals surface area contributed by atoms with E-state index in [1.54, 1.807) is 0 Å². The van der Waals surface area contributed by atoms with Crippen molar-refractivity contribution >= 4 is 5.69 Å². The minimum atomic E-state index is 0.461. The number of rotatable bonds is 3. The summed E-state index contributed by atoms with van der Waals surface area (Å²) >= 11 is 0. The predicted octanol–water partition coefficient (Wildman–Crippen LogP) is 2.22. The molecule has 1 N–H and O–H groups in total. The van der Waals surface area contributed by atoms with Crippen molar-refractivity contribution in [2.75, 3.05) is 25.5 Å². The molecule has 17 heavy (non-hydrogen) atoms. The van der Waals surface area contributed by atoms with Crippen LogP contribution in [0.5, 0.6) is 0 Å². The van der Waals surface area contributed by atoms with Gasteiger partial charge in [-0.1, -0.05) is 12.1 Å². The quantitative estimate of drug-likeness (QED) is 0.865. The minimum absolute atomic E-state index is 0.461. The van der Waals surface area contributed by atoms with E-state index in [4.69, 9.17) is 4.74 Å². The molecule has 0 amide bonds. The van der Waals surface area contributed by atoms with Crippen LogP contribution < -0.4 is 5.32 Å². The average molecular weight is 232 g/mol. The molecule has 2 aliphatic heterocycles. The molecule has 3 heteroatoms. The maximum Gasteiger partial charge on any atom is 0.0703 e. The molecule has 3 rings (SSSR count). The van der Waals surface area contributed by atoms with E-state index < -0.39 is 0 Å².